The van der Waals surface area contributed by atoms with Crippen molar-refractivity contribution < 1.29 is 13.5 Å². The minimum absolute atomic E-state index is 0.190. The minimum atomic E-state index is -2.74. The molecule has 0 saturated heterocycles. The van der Waals surface area contributed by atoms with Gasteiger partial charge in [0.15, 0.2) is 0 Å². The second-order valence-corrected chi connectivity index (χ2v) is 2.55. The van der Waals surface area contributed by atoms with E-state index in [1.54, 1.807) is 7.05 Å². The van der Waals surface area contributed by atoms with Crippen molar-refractivity contribution in [2.24, 2.45) is 5.73 Å². The maximum Gasteiger partial charge on any atom is 0.272 e. The third-order valence-electron chi connectivity index (χ3n) is 1.32. The van der Waals surface area contributed by atoms with Gasteiger partial charge in [0.1, 0.15) is 6.61 Å². The predicted molar refractivity (Wildman–Crippen MR) is 43.4 cm³/mol. The van der Waals surface area contributed by atoms with E-state index in [0.717, 1.165) is 0 Å². The number of hydrogen-bond acceptors (Lipinski definition) is 3. The number of alkyl halides is 2. The van der Waals surface area contributed by atoms with Gasteiger partial charge in [-0.05, 0) is 7.05 Å². The quantitative estimate of drug-likeness (QED) is 0.553. The smallest absolute Gasteiger partial charge is 0.272 e. The van der Waals surface area contributed by atoms with Gasteiger partial charge in [0.25, 0.3) is 5.92 Å². The standard InChI is InChI=1S/C7H16F2N2O/c1-11-4-2-7(8,9)6-12-5-3-10/h11H,2-6,10H2,1H3. The van der Waals surface area contributed by atoms with Gasteiger partial charge >= 0.3 is 0 Å². The van der Waals surface area contributed by atoms with Crippen LogP contribution in [0.4, 0.5) is 8.78 Å². The number of nitrogens with two attached hydrogens (primary N) is 1. The van der Waals surface area contributed by atoms with E-state index in [9.17, 15) is 8.78 Å². The first kappa shape index (κ1) is 11.7. The summed E-state index contributed by atoms with van der Waals surface area (Å²) in [7, 11) is 1.64. The van der Waals surface area contributed by atoms with E-state index < -0.39 is 12.5 Å². The minimum Gasteiger partial charge on any atom is -0.374 e. The molecule has 74 valence electrons. The number of halogens is 2. The Bertz CT molecular complexity index is 112. The summed E-state index contributed by atoms with van der Waals surface area (Å²) in [6, 6.07) is 0. The van der Waals surface area contributed by atoms with Crippen LogP contribution in [0.2, 0.25) is 0 Å². The molecule has 0 fully saturated rings. The highest BCUT2D eigenvalue weighted by Gasteiger charge is 2.27. The Morgan fingerprint density at radius 3 is 2.67 bits per heavy atom. The average Bonchev–Trinajstić information content (AvgIpc) is 2.01. The van der Waals surface area contributed by atoms with Crippen LogP contribution < -0.4 is 11.1 Å². The van der Waals surface area contributed by atoms with Crippen molar-refractivity contribution in [3.8, 4) is 0 Å². The lowest BCUT2D eigenvalue weighted by atomic mass is 10.2. The number of hydrogen-bond donors (Lipinski definition) is 2. The van der Waals surface area contributed by atoms with E-state index in [0.29, 0.717) is 6.54 Å². The fraction of sp³-hybridized carbons (Fsp3) is 1.00. The Hall–Kier alpha value is -0.260. The molecule has 0 unspecified atom stereocenters. The van der Waals surface area contributed by atoms with Crippen LogP contribution in [0.3, 0.4) is 0 Å². The van der Waals surface area contributed by atoms with Crippen molar-refractivity contribution in [2.75, 3.05) is 33.4 Å². The number of rotatable bonds is 7. The second kappa shape index (κ2) is 6.28. The van der Waals surface area contributed by atoms with Crippen LogP contribution in [0.25, 0.3) is 0 Å². The van der Waals surface area contributed by atoms with E-state index in [-0.39, 0.29) is 19.6 Å². The molecule has 0 bridgehead atoms. The van der Waals surface area contributed by atoms with Gasteiger partial charge in [-0.2, -0.15) is 0 Å². The summed E-state index contributed by atoms with van der Waals surface area (Å²) in [6.45, 7) is 0.224. The zero-order valence-corrected chi connectivity index (χ0v) is 7.28. The summed E-state index contributed by atoms with van der Waals surface area (Å²) in [5.74, 6) is -2.74. The number of ether oxygens (including phenoxy) is 1. The summed E-state index contributed by atoms with van der Waals surface area (Å²) >= 11 is 0. The Morgan fingerprint density at radius 1 is 1.50 bits per heavy atom. The lowest BCUT2D eigenvalue weighted by Crippen LogP contribution is -2.29. The molecule has 0 aromatic rings. The van der Waals surface area contributed by atoms with Crippen LogP contribution in [0.5, 0.6) is 0 Å². The highest BCUT2D eigenvalue weighted by Crippen LogP contribution is 2.17. The summed E-state index contributed by atoms with van der Waals surface area (Å²) < 4.78 is 30.1. The maximum atomic E-state index is 12.7. The Labute approximate surface area is 71.3 Å². The Balaban J connectivity index is 3.42. The third-order valence-corrected chi connectivity index (χ3v) is 1.32. The first-order valence-electron chi connectivity index (χ1n) is 3.92. The van der Waals surface area contributed by atoms with Gasteiger partial charge in [-0.25, -0.2) is 8.78 Å². The fourth-order valence-electron chi connectivity index (χ4n) is 0.685. The Morgan fingerprint density at radius 2 is 2.17 bits per heavy atom. The normalized spacial score (nSPS) is 12.0. The zero-order chi connectivity index (χ0) is 9.45. The van der Waals surface area contributed by atoms with Crippen molar-refractivity contribution in [1.29, 1.82) is 0 Å². The van der Waals surface area contributed by atoms with Gasteiger partial charge in [-0.3, -0.25) is 0 Å². The second-order valence-electron chi connectivity index (χ2n) is 2.55. The summed E-state index contributed by atoms with van der Waals surface area (Å²) in [6.07, 6.45) is -0.200. The highest BCUT2D eigenvalue weighted by molar-refractivity contribution is 4.65. The molecule has 3 N–H and O–H groups in total. The van der Waals surface area contributed by atoms with Crippen LogP contribution in [-0.2, 0) is 4.74 Å². The molecule has 0 atom stereocenters. The van der Waals surface area contributed by atoms with Gasteiger partial charge in [-0.1, -0.05) is 0 Å². The molecule has 0 aromatic heterocycles. The van der Waals surface area contributed by atoms with E-state index in [1.807, 2.05) is 0 Å². The molecule has 0 aliphatic carbocycles. The topological polar surface area (TPSA) is 47.3 Å². The van der Waals surface area contributed by atoms with Gasteiger partial charge in [0.05, 0.1) is 6.61 Å². The third kappa shape index (κ3) is 6.45. The van der Waals surface area contributed by atoms with E-state index in [4.69, 9.17) is 5.73 Å². The molecule has 0 radical (unpaired) electrons. The number of nitrogens with one attached hydrogen (secondary N) is 1. The average molecular weight is 182 g/mol. The molecule has 5 heteroatoms. The van der Waals surface area contributed by atoms with Gasteiger partial charge in [0.2, 0.25) is 0 Å². The van der Waals surface area contributed by atoms with Crippen molar-refractivity contribution in [1.82, 2.24) is 5.32 Å². The fourth-order valence-corrected chi connectivity index (χ4v) is 0.685. The molecule has 0 rings (SSSR count). The van der Waals surface area contributed by atoms with E-state index in [1.165, 1.54) is 0 Å². The van der Waals surface area contributed by atoms with Crippen molar-refractivity contribution in [3.63, 3.8) is 0 Å². The van der Waals surface area contributed by atoms with Gasteiger partial charge in [-0.15, -0.1) is 0 Å². The lowest BCUT2D eigenvalue weighted by molar-refractivity contribution is -0.0797. The molecule has 0 spiro atoms. The largest absolute Gasteiger partial charge is 0.374 e. The molecular formula is C7H16F2N2O. The molecular weight excluding hydrogens is 166 g/mol. The zero-order valence-electron chi connectivity index (χ0n) is 7.28. The molecule has 0 heterocycles. The molecule has 0 saturated carbocycles. The van der Waals surface area contributed by atoms with Crippen molar-refractivity contribution in [3.05, 3.63) is 0 Å². The van der Waals surface area contributed by atoms with Crippen LogP contribution in [0.15, 0.2) is 0 Å². The predicted octanol–water partition coefficient (Wildman–Crippen LogP) is 0.207. The molecule has 0 amide bonds. The monoisotopic (exact) mass is 182 g/mol. The van der Waals surface area contributed by atoms with Gasteiger partial charge < -0.3 is 15.8 Å². The molecule has 0 aliphatic heterocycles. The summed E-state index contributed by atoms with van der Waals surface area (Å²) in [4.78, 5) is 0. The first-order chi connectivity index (χ1) is 5.62. The lowest BCUT2D eigenvalue weighted by Gasteiger charge is -2.15. The van der Waals surface area contributed by atoms with Crippen LogP contribution >= 0.6 is 0 Å². The molecule has 0 aliphatic rings. The maximum absolute atomic E-state index is 12.7. The summed E-state index contributed by atoms with van der Waals surface area (Å²) in [5, 5.41) is 2.65. The van der Waals surface area contributed by atoms with Crippen LogP contribution in [0.1, 0.15) is 6.42 Å². The Kier molecular flexibility index (Phi) is 6.14. The molecule has 3 nitrogen and oxygen atoms in total. The van der Waals surface area contributed by atoms with Crippen LogP contribution in [-0.4, -0.2) is 39.3 Å². The van der Waals surface area contributed by atoms with Crippen molar-refractivity contribution >= 4 is 0 Å². The van der Waals surface area contributed by atoms with E-state index in [2.05, 4.69) is 10.1 Å². The highest BCUT2D eigenvalue weighted by atomic mass is 19.3. The van der Waals surface area contributed by atoms with Crippen LogP contribution in [0, 0.1) is 0 Å². The summed E-state index contributed by atoms with van der Waals surface area (Å²) in [5.41, 5.74) is 5.08. The van der Waals surface area contributed by atoms with Gasteiger partial charge in [0, 0.05) is 19.5 Å². The molecule has 12 heavy (non-hydrogen) atoms. The van der Waals surface area contributed by atoms with E-state index >= 15 is 0 Å². The SMILES string of the molecule is CNCCC(F)(F)COCCN. The van der Waals surface area contributed by atoms with Crippen molar-refractivity contribution in [2.45, 2.75) is 12.3 Å². The first-order valence-corrected chi connectivity index (χ1v) is 3.92. The molecule has 0 aromatic carbocycles.